The van der Waals surface area contributed by atoms with Crippen LogP contribution in [0.1, 0.15) is 31.8 Å². The summed E-state index contributed by atoms with van der Waals surface area (Å²) < 4.78 is 0. The minimum absolute atomic E-state index is 0.145. The van der Waals surface area contributed by atoms with Crippen LogP contribution in [0.5, 0.6) is 0 Å². The highest BCUT2D eigenvalue weighted by Crippen LogP contribution is 2.37. The Hall–Kier alpha value is -4.16. The number of hydrogen-bond acceptors (Lipinski definition) is 6. The maximum absolute atomic E-state index is 13.3. The predicted octanol–water partition coefficient (Wildman–Crippen LogP) is 5.88. The fraction of sp³-hybridized carbons (Fsp3) is 0. The summed E-state index contributed by atoms with van der Waals surface area (Å²) in [4.78, 5) is 37.1. The van der Waals surface area contributed by atoms with E-state index in [2.05, 4.69) is 33.5 Å². The quantitative estimate of drug-likeness (QED) is 0.377. The monoisotopic (exact) mass is 433 g/mol. The van der Waals surface area contributed by atoms with Gasteiger partial charge in [-0.15, -0.1) is 11.3 Å². The van der Waals surface area contributed by atoms with Crippen LogP contribution in [0, 0.1) is 0 Å². The number of ketones is 2. The molecule has 6 heteroatoms. The number of nitrogens with zero attached hydrogens (tertiary/aromatic N) is 2. The van der Waals surface area contributed by atoms with Crippen LogP contribution >= 0.6 is 11.3 Å². The van der Waals surface area contributed by atoms with Crippen LogP contribution in [0.3, 0.4) is 0 Å². The number of nitrogens with one attached hydrogen (secondary N) is 1. The third-order valence-electron chi connectivity index (χ3n) is 5.59. The Morgan fingerprint density at radius 2 is 1.44 bits per heavy atom. The number of thiophene rings is 1. The molecule has 0 saturated carbocycles. The highest BCUT2D eigenvalue weighted by atomic mass is 32.1. The number of carbonyl (C=O) groups excluding carboxylic acids is 2. The van der Waals surface area contributed by atoms with Gasteiger partial charge in [-0.2, -0.15) is 0 Å². The third kappa shape index (κ3) is 2.85. The van der Waals surface area contributed by atoms with E-state index in [0.29, 0.717) is 33.8 Å². The van der Waals surface area contributed by atoms with Crippen molar-refractivity contribution in [3.63, 3.8) is 0 Å². The van der Waals surface area contributed by atoms with E-state index < -0.39 is 0 Å². The van der Waals surface area contributed by atoms with Crippen molar-refractivity contribution in [1.82, 2.24) is 9.97 Å². The number of fused-ring (bicyclic) bond motifs is 3. The molecular formula is C26H15N3O2S. The van der Waals surface area contributed by atoms with E-state index in [1.165, 1.54) is 6.33 Å². The van der Waals surface area contributed by atoms with Crippen molar-refractivity contribution in [3.8, 4) is 10.4 Å². The topological polar surface area (TPSA) is 72.0 Å². The molecular weight excluding hydrogens is 418 g/mol. The highest BCUT2D eigenvalue weighted by Gasteiger charge is 2.31. The average Bonchev–Trinajstić information content (AvgIpc) is 3.29. The van der Waals surface area contributed by atoms with Crippen molar-refractivity contribution in [3.05, 3.63) is 107 Å². The first-order valence-corrected chi connectivity index (χ1v) is 10.9. The summed E-state index contributed by atoms with van der Waals surface area (Å²) in [6.45, 7) is 0. The summed E-state index contributed by atoms with van der Waals surface area (Å²) in [5.41, 5.74) is 3.31. The van der Waals surface area contributed by atoms with Crippen LogP contribution in [0.2, 0.25) is 0 Å². The summed E-state index contributed by atoms with van der Waals surface area (Å²) in [7, 11) is 0. The average molecular weight is 433 g/mol. The molecule has 2 aromatic heterocycles. The fourth-order valence-electron chi connectivity index (χ4n) is 4.08. The SMILES string of the molecule is O=C1c2ccccc2C(=O)c2c(Nc3ncnc4sc(-c5ccccc5)cc34)cccc21. The second-order valence-electron chi connectivity index (χ2n) is 7.47. The molecule has 0 saturated heterocycles. The molecule has 0 unspecified atom stereocenters. The molecule has 1 aliphatic carbocycles. The van der Waals surface area contributed by atoms with Crippen LogP contribution in [0.15, 0.2) is 85.2 Å². The standard InChI is InChI=1S/C26H15N3O2S/c30-23-16-9-4-5-10-17(16)24(31)22-18(23)11-6-12-20(22)29-25-19-13-21(15-7-2-1-3-8-15)32-26(19)28-14-27-25/h1-14H,(H,27,28,29). The minimum atomic E-state index is -0.168. The van der Waals surface area contributed by atoms with Crippen molar-refractivity contribution in [2.24, 2.45) is 0 Å². The van der Waals surface area contributed by atoms with Gasteiger partial charge < -0.3 is 5.32 Å². The molecule has 152 valence electrons. The van der Waals surface area contributed by atoms with E-state index in [4.69, 9.17) is 0 Å². The van der Waals surface area contributed by atoms with Gasteiger partial charge in [-0.25, -0.2) is 9.97 Å². The predicted molar refractivity (Wildman–Crippen MR) is 126 cm³/mol. The van der Waals surface area contributed by atoms with E-state index in [9.17, 15) is 9.59 Å². The van der Waals surface area contributed by atoms with E-state index in [1.54, 1.807) is 53.8 Å². The van der Waals surface area contributed by atoms with Crippen molar-refractivity contribution >= 4 is 44.6 Å². The molecule has 0 radical (unpaired) electrons. The molecule has 1 aliphatic rings. The molecule has 5 nitrogen and oxygen atoms in total. The first-order valence-electron chi connectivity index (χ1n) is 10.1. The van der Waals surface area contributed by atoms with Crippen LogP contribution in [0.25, 0.3) is 20.7 Å². The van der Waals surface area contributed by atoms with Crippen LogP contribution < -0.4 is 5.32 Å². The maximum atomic E-state index is 13.3. The Morgan fingerprint density at radius 1 is 0.719 bits per heavy atom. The fourth-order valence-corrected chi connectivity index (χ4v) is 5.08. The lowest BCUT2D eigenvalue weighted by molar-refractivity contribution is 0.0979. The van der Waals surface area contributed by atoms with Gasteiger partial charge in [0.25, 0.3) is 0 Å². The largest absolute Gasteiger partial charge is 0.339 e. The Bertz CT molecular complexity index is 1540. The minimum Gasteiger partial charge on any atom is -0.339 e. The molecule has 0 fully saturated rings. The molecule has 6 rings (SSSR count). The van der Waals surface area contributed by atoms with Crippen molar-refractivity contribution < 1.29 is 9.59 Å². The van der Waals surface area contributed by atoms with Gasteiger partial charge in [-0.1, -0.05) is 66.7 Å². The Balaban J connectivity index is 1.46. The summed E-state index contributed by atoms with van der Waals surface area (Å²) in [6, 6.07) is 24.4. The molecule has 3 aromatic carbocycles. The molecule has 0 spiro atoms. The van der Waals surface area contributed by atoms with Gasteiger partial charge in [0.15, 0.2) is 11.6 Å². The van der Waals surface area contributed by atoms with E-state index in [1.807, 2.05) is 18.2 Å². The van der Waals surface area contributed by atoms with Gasteiger partial charge in [0, 0.05) is 21.6 Å². The molecule has 0 aliphatic heterocycles. The van der Waals surface area contributed by atoms with Gasteiger partial charge in [0.2, 0.25) is 0 Å². The first kappa shape index (κ1) is 18.6. The summed E-state index contributed by atoms with van der Waals surface area (Å²) in [6.07, 6.45) is 1.51. The Labute approximate surface area is 187 Å². The maximum Gasteiger partial charge on any atom is 0.196 e. The molecule has 1 N–H and O–H groups in total. The third-order valence-corrected chi connectivity index (χ3v) is 6.69. The van der Waals surface area contributed by atoms with E-state index in [-0.39, 0.29) is 11.6 Å². The zero-order chi connectivity index (χ0) is 21.7. The van der Waals surface area contributed by atoms with Gasteiger partial charge in [-0.05, 0) is 17.7 Å². The lowest BCUT2D eigenvalue weighted by Gasteiger charge is -2.20. The van der Waals surface area contributed by atoms with E-state index in [0.717, 1.165) is 20.7 Å². The molecule has 0 atom stereocenters. The summed E-state index contributed by atoms with van der Waals surface area (Å²) >= 11 is 1.58. The molecule has 0 amide bonds. The van der Waals surface area contributed by atoms with Gasteiger partial charge in [-0.3, -0.25) is 9.59 Å². The second-order valence-corrected chi connectivity index (χ2v) is 8.51. The summed E-state index contributed by atoms with van der Waals surface area (Å²) in [5.74, 6) is 0.286. The van der Waals surface area contributed by atoms with E-state index >= 15 is 0 Å². The van der Waals surface area contributed by atoms with Gasteiger partial charge in [0.1, 0.15) is 17.0 Å². The molecule has 0 bridgehead atoms. The van der Waals surface area contributed by atoms with Gasteiger partial charge >= 0.3 is 0 Å². The number of anilines is 2. The van der Waals surface area contributed by atoms with Gasteiger partial charge in [0.05, 0.1) is 16.6 Å². The van der Waals surface area contributed by atoms with Crippen LogP contribution in [-0.2, 0) is 0 Å². The number of benzene rings is 3. The zero-order valence-corrected chi connectivity index (χ0v) is 17.5. The van der Waals surface area contributed by atoms with Crippen molar-refractivity contribution in [2.45, 2.75) is 0 Å². The first-order chi connectivity index (χ1) is 15.7. The van der Waals surface area contributed by atoms with Crippen LogP contribution in [-0.4, -0.2) is 21.5 Å². The number of hydrogen-bond donors (Lipinski definition) is 1. The molecule has 32 heavy (non-hydrogen) atoms. The lowest BCUT2D eigenvalue weighted by Crippen LogP contribution is -2.22. The van der Waals surface area contributed by atoms with Crippen molar-refractivity contribution in [1.29, 1.82) is 0 Å². The Morgan fingerprint density at radius 3 is 2.25 bits per heavy atom. The zero-order valence-electron chi connectivity index (χ0n) is 16.7. The van der Waals surface area contributed by atoms with Crippen molar-refractivity contribution in [2.75, 3.05) is 5.32 Å². The molecule has 2 heterocycles. The smallest absolute Gasteiger partial charge is 0.196 e. The normalized spacial score (nSPS) is 12.5. The number of carbonyl (C=O) groups is 2. The second kappa shape index (κ2) is 7.21. The van der Waals surface area contributed by atoms with Crippen LogP contribution in [0.4, 0.5) is 11.5 Å². The Kier molecular flexibility index (Phi) is 4.19. The number of rotatable bonds is 3. The highest BCUT2D eigenvalue weighted by molar-refractivity contribution is 7.21. The summed E-state index contributed by atoms with van der Waals surface area (Å²) in [5, 5.41) is 4.17. The lowest BCUT2D eigenvalue weighted by atomic mass is 9.83. The molecule has 5 aromatic rings. The number of aromatic nitrogens is 2.